The van der Waals surface area contributed by atoms with Crippen molar-refractivity contribution in [2.75, 3.05) is 19.6 Å². The smallest absolute Gasteiger partial charge is 0.383 e. The lowest BCUT2D eigenvalue weighted by Gasteiger charge is -2.30. The summed E-state index contributed by atoms with van der Waals surface area (Å²) in [6.07, 6.45) is -3.54. The summed E-state index contributed by atoms with van der Waals surface area (Å²) >= 11 is 5.67. The summed E-state index contributed by atoms with van der Waals surface area (Å²) in [6.45, 7) is 0.299. The summed E-state index contributed by atoms with van der Waals surface area (Å²) in [4.78, 5) is 11.9. The lowest BCUT2D eigenvalue weighted by atomic mass is 9.81. The van der Waals surface area contributed by atoms with E-state index in [-0.39, 0.29) is 49.4 Å². The molecule has 0 saturated heterocycles. The van der Waals surface area contributed by atoms with E-state index in [1.807, 2.05) is 0 Å². The lowest BCUT2D eigenvalue weighted by molar-refractivity contribution is -0.184. The van der Waals surface area contributed by atoms with Crippen LogP contribution < -0.4 is 5.32 Å². The zero-order valence-corrected chi connectivity index (χ0v) is 11.6. The van der Waals surface area contributed by atoms with Crippen LogP contribution in [0.3, 0.4) is 0 Å². The number of hydrogen-bond donors (Lipinski definition) is 1. The first-order chi connectivity index (χ1) is 8.88. The van der Waals surface area contributed by atoms with Crippen molar-refractivity contribution in [3.63, 3.8) is 0 Å². The first-order valence-electron chi connectivity index (χ1n) is 6.30. The normalized spacial score (nSPS) is 25.9. The van der Waals surface area contributed by atoms with Crippen LogP contribution in [0.25, 0.3) is 0 Å². The predicted octanol–water partition coefficient (Wildman–Crippen LogP) is 2.73. The second-order valence-corrected chi connectivity index (χ2v) is 5.21. The van der Waals surface area contributed by atoms with E-state index in [9.17, 15) is 18.0 Å². The number of carbonyl (C=O) groups is 1. The number of hydrogen-bond acceptors (Lipinski definition) is 2. The van der Waals surface area contributed by atoms with E-state index in [0.29, 0.717) is 6.61 Å². The molecule has 1 atom stereocenters. The van der Waals surface area contributed by atoms with Crippen LogP contribution in [-0.2, 0) is 9.53 Å². The Kier molecular flexibility index (Phi) is 6.39. The molecule has 1 aliphatic carbocycles. The SMILES string of the molecule is COCC(CCl)NC(=O)C1CCC(C(F)(F)F)CC1. The molecule has 0 aliphatic heterocycles. The fraction of sp³-hybridized carbons (Fsp3) is 0.917. The van der Waals surface area contributed by atoms with Gasteiger partial charge >= 0.3 is 6.18 Å². The molecule has 7 heteroatoms. The molecule has 0 bridgehead atoms. The molecular formula is C12H19ClF3NO2. The van der Waals surface area contributed by atoms with Gasteiger partial charge in [0, 0.05) is 18.9 Å². The van der Waals surface area contributed by atoms with E-state index < -0.39 is 12.1 Å². The molecule has 0 aromatic rings. The number of ether oxygens (including phenoxy) is 1. The zero-order chi connectivity index (χ0) is 14.5. The number of amides is 1. The molecule has 1 saturated carbocycles. The molecule has 0 aromatic carbocycles. The summed E-state index contributed by atoms with van der Waals surface area (Å²) in [5.41, 5.74) is 0. The molecule has 112 valence electrons. The van der Waals surface area contributed by atoms with Gasteiger partial charge in [-0.05, 0) is 25.7 Å². The molecule has 1 rings (SSSR count). The van der Waals surface area contributed by atoms with Crippen LogP contribution >= 0.6 is 11.6 Å². The molecule has 1 fully saturated rings. The Morgan fingerprint density at radius 1 is 1.37 bits per heavy atom. The second-order valence-electron chi connectivity index (χ2n) is 4.91. The summed E-state index contributed by atoms with van der Waals surface area (Å²) < 4.78 is 42.4. The summed E-state index contributed by atoms with van der Waals surface area (Å²) in [5, 5.41) is 2.71. The molecule has 3 nitrogen and oxygen atoms in total. The summed E-state index contributed by atoms with van der Waals surface area (Å²) in [7, 11) is 1.50. The van der Waals surface area contributed by atoms with Gasteiger partial charge in [-0.15, -0.1) is 11.6 Å². The molecule has 0 heterocycles. The Morgan fingerprint density at radius 3 is 2.37 bits per heavy atom. The van der Waals surface area contributed by atoms with Gasteiger partial charge in [-0.3, -0.25) is 4.79 Å². The molecule has 1 aliphatic rings. The topological polar surface area (TPSA) is 38.3 Å². The van der Waals surface area contributed by atoms with Crippen molar-refractivity contribution in [2.24, 2.45) is 11.8 Å². The highest BCUT2D eigenvalue weighted by atomic mass is 35.5. The Hall–Kier alpha value is -0.490. The van der Waals surface area contributed by atoms with Crippen molar-refractivity contribution in [1.29, 1.82) is 0 Å². The maximum Gasteiger partial charge on any atom is 0.391 e. The van der Waals surface area contributed by atoms with Gasteiger partial charge in [0.15, 0.2) is 0 Å². The standard InChI is InChI=1S/C12H19ClF3NO2/c1-19-7-10(6-13)17-11(18)8-2-4-9(5-3-8)12(14,15)16/h8-10H,2-7H2,1H3,(H,17,18). The van der Waals surface area contributed by atoms with Gasteiger partial charge in [0.2, 0.25) is 5.91 Å². The monoisotopic (exact) mass is 301 g/mol. The number of rotatable bonds is 5. The van der Waals surface area contributed by atoms with E-state index in [0.717, 1.165) is 0 Å². The van der Waals surface area contributed by atoms with E-state index in [4.69, 9.17) is 16.3 Å². The van der Waals surface area contributed by atoms with Crippen molar-refractivity contribution in [1.82, 2.24) is 5.32 Å². The molecule has 0 radical (unpaired) electrons. The fourth-order valence-corrected chi connectivity index (χ4v) is 2.49. The lowest BCUT2D eigenvalue weighted by Crippen LogP contribution is -2.44. The van der Waals surface area contributed by atoms with E-state index in [1.165, 1.54) is 7.11 Å². The van der Waals surface area contributed by atoms with Crippen LogP contribution in [0.2, 0.25) is 0 Å². The Balaban J connectivity index is 2.40. The maximum atomic E-state index is 12.5. The van der Waals surface area contributed by atoms with Crippen LogP contribution in [0.15, 0.2) is 0 Å². The first-order valence-corrected chi connectivity index (χ1v) is 6.84. The minimum Gasteiger partial charge on any atom is -0.383 e. The van der Waals surface area contributed by atoms with Crippen molar-refractivity contribution in [2.45, 2.75) is 37.9 Å². The van der Waals surface area contributed by atoms with Crippen LogP contribution in [0.4, 0.5) is 13.2 Å². The van der Waals surface area contributed by atoms with Gasteiger partial charge in [0.1, 0.15) is 0 Å². The highest BCUT2D eigenvalue weighted by molar-refractivity contribution is 6.18. The molecule has 19 heavy (non-hydrogen) atoms. The Morgan fingerprint density at radius 2 is 1.95 bits per heavy atom. The van der Waals surface area contributed by atoms with Crippen molar-refractivity contribution < 1.29 is 22.7 Å². The summed E-state index contributed by atoms with van der Waals surface area (Å²) in [6, 6.07) is -0.292. The predicted molar refractivity (Wildman–Crippen MR) is 66.0 cm³/mol. The number of halogens is 4. The van der Waals surface area contributed by atoms with Gasteiger partial charge in [-0.2, -0.15) is 13.2 Å². The molecule has 1 N–H and O–H groups in total. The molecule has 0 spiro atoms. The van der Waals surface area contributed by atoms with Gasteiger partial charge in [0.05, 0.1) is 18.6 Å². The third-order valence-corrected chi connectivity index (χ3v) is 3.83. The maximum absolute atomic E-state index is 12.5. The number of nitrogens with one attached hydrogen (secondary N) is 1. The number of carbonyl (C=O) groups excluding carboxylic acids is 1. The van der Waals surface area contributed by atoms with E-state index in [2.05, 4.69) is 5.32 Å². The van der Waals surface area contributed by atoms with Gasteiger partial charge in [-0.25, -0.2) is 0 Å². The largest absolute Gasteiger partial charge is 0.391 e. The second kappa shape index (κ2) is 7.33. The first kappa shape index (κ1) is 16.6. The minimum atomic E-state index is -4.14. The molecule has 1 unspecified atom stereocenters. The quantitative estimate of drug-likeness (QED) is 0.793. The number of alkyl halides is 4. The van der Waals surface area contributed by atoms with Crippen LogP contribution in [0, 0.1) is 11.8 Å². The average Bonchev–Trinajstić information content (AvgIpc) is 2.37. The van der Waals surface area contributed by atoms with Gasteiger partial charge in [0.25, 0.3) is 0 Å². The highest BCUT2D eigenvalue weighted by Gasteiger charge is 2.42. The zero-order valence-electron chi connectivity index (χ0n) is 10.8. The number of methoxy groups -OCH3 is 1. The van der Waals surface area contributed by atoms with Crippen LogP contribution in [0.5, 0.6) is 0 Å². The Bertz CT molecular complexity index is 291. The van der Waals surface area contributed by atoms with Crippen molar-refractivity contribution in [3.05, 3.63) is 0 Å². The molecule has 1 amide bonds. The third kappa shape index (κ3) is 5.18. The minimum absolute atomic E-state index is 0.0252. The highest BCUT2D eigenvalue weighted by Crippen LogP contribution is 2.39. The van der Waals surface area contributed by atoms with Gasteiger partial charge < -0.3 is 10.1 Å². The van der Waals surface area contributed by atoms with E-state index >= 15 is 0 Å². The van der Waals surface area contributed by atoms with E-state index in [1.54, 1.807) is 0 Å². The Labute approximate surface area is 115 Å². The van der Waals surface area contributed by atoms with Gasteiger partial charge in [-0.1, -0.05) is 0 Å². The average molecular weight is 302 g/mol. The summed E-state index contributed by atoms with van der Waals surface area (Å²) in [5.74, 6) is -1.61. The molecule has 0 aromatic heterocycles. The van der Waals surface area contributed by atoms with Crippen molar-refractivity contribution in [3.8, 4) is 0 Å². The fourth-order valence-electron chi connectivity index (χ4n) is 2.33. The molecular weight excluding hydrogens is 283 g/mol. The third-order valence-electron chi connectivity index (χ3n) is 3.46. The van der Waals surface area contributed by atoms with Crippen molar-refractivity contribution >= 4 is 17.5 Å². The van der Waals surface area contributed by atoms with Crippen LogP contribution in [0.1, 0.15) is 25.7 Å². The van der Waals surface area contributed by atoms with Crippen LogP contribution in [-0.4, -0.2) is 37.7 Å².